The standard InChI is InChI=1S/C13H18BrNO/c1-15(2)6-3-4-10-8-11-5-7-16-13(11)12(14)9-10/h8-9H,3-7H2,1-2H3. The van der Waals surface area contributed by atoms with Gasteiger partial charge in [0.05, 0.1) is 11.1 Å². The largest absolute Gasteiger partial charge is 0.492 e. The number of rotatable bonds is 4. The first kappa shape index (κ1) is 11.9. The lowest BCUT2D eigenvalue weighted by atomic mass is 10.0. The molecule has 1 aromatic carbocycles. The van der Waals surface area contributed by atoms with Crippen LogP contribution in [0.15, 0.2) is 16.6 Å². The molecular weight excluding hydrogens is 266 g/mol. The summed E-state index contributed by atoms with van der Waals surface area (Å²) < 4.78 is 6.69. The highest BCUT2D eigenvalue weighted by Crippen LogP contribution is 2.35. The van der Waals surface area contributed by atoms with Crippen molar-refractivity contribution in [2.45, 2.75) is 19.3 Å². The Kier molecular flexibility index (Phi) is 3.87. The van der Waals surface area contributed by atoms with Crippen LogP contribution in [-0.2, 0) is 12.8 Å². The normalized spacial score (nSPS) is 14.0. The van der Waals surface area contributed by atoms with Crippen LogP contribution < -0.4 is 4.74 Å². The van der Waals surface area contributed by atoms with Gasteiger partial charge >= 0.3 is 0 Å². The van der Waals surface area contributed by atoms with Crippen molar-refractivity contribution in [3.63, 3.8) is 0 Å². The van der Waals surface area contributed by atoms with Crippen LogP contribution in [0.25, 0.3) is 0 Å². The number of ether oxygens (including phenoxy) is 1. The summed E-state index contributed by atoms with van der Waals surface area (Å²) in [7, 11) is 4.24. The molecular formula is C13H18BrNO. The molecule has 1 heterocycles. The van der Waals surface area contributed by atoms with Gasteiger partial charge in [0.2, 0.25) is 0 Å². The molecule has 1 aliphatic rings. The van der Waals surface area contributed by atoms with Gasteiger partial charge in [0.15, 0.2) is 0 Å². The molecule has 0 unspecified atom stereocenters. The quantitative estimate of drug-likeness (QED) is 0.843. The number of hydrogen-bond donors (Lipinski definition) is 0. The number of nitrogens with zero attached hydrogens (tertiary/aromatic N) is 1. The Labute approximate surface area is 106 Å². The van der Waals surface area contributed by atoms with Crippen molar-refractivity contribution < 1.29 is 4.74 Å². The molecule has 0 aromatic heterocycles. The Morgan fingerprint density at radius 1 is 1.38 bits per heavy atom. The van der Waals surface area contributed by atoms with Crippen LogP contribution >= 0.6 is 15.9 Å². The number of halogens is 1. The Hall–Kier alpha value is -0.540. The van der Waals surface area contributed by atoms with Crippen LogP contribution in [0, 0.1) is 0 Å². The Morgan fingerprint density at radius 2 is 2.19 bits per heavy atom. The number of benzene rings is 1. The highest BCUT2D eigenvalue weighted by atomic mass is 79.9. The number of hydrogen-bond acceptors (Lipinski definition) is 2. The van der Waals surface area contributed by atoms with E-state index in [4.69, 9.17) is 4.74 Å². The van der Waals surface area contributed by atoms with Gasteiger partial charge in [-0.3, -0.25) is 0 Å². The van der Waals surface area contributed by atoms with Crippen LogP contribution in [0.2, 0.25) is 0 Å². The van der Waals surface area contributed by atoms with E-state index < -0.39 is 0 Å². The summed E-state index contributed by atoms with van der Waals surface area (Å²) in [4.78, 5) is 2.23. The molecule has 0 saturated carbocycles. The molecule has 1 aromatic rings. The summed E-state index contributed by atoms with van der Waals surface area (Å²) in [5, 5.41) is 0. The molecule has 0 amide bonds. The predicted octanol–water partition coefficient (Wildman–Crippen LogP) is 2.88. The fraction of sp³-hybridized carbons (Fsp3) is 0.538. The molecule has 2 nitrogen and oxygen atoms in total. The molecule has 0 aliphatic carbocycles. The van der Waals surface area contributed by atoms with Crippen LogP contribution in [0.5, 0.6) is 5.75 Å². The zero-order valence-electron chi connectivity index (χ0n) is 9.92. The van der Waals surface area contributed by atoms with Crippen molar-refractivity contribution in [2.24, 2.45) is 0 Å². The lowest BCUT2D eigenvalue weighted by Crippen LogP contribution is -2.13. The van der Waals surface area contributed by atoms with Crippen LogP contribution in [-0.4, -0.2) is 32.1 Å². The second kappa shape index (κ2) is 5.19. The zero-order valence-corrected chi connectivity index (χ0v) is 11.5. The molecule has 0 fully saturated rings. The van der Waals surface area contributed by atoms with Gasteiger partial charge in [-0.25, -0.2) is 0 Å². The van der Waals surface area contributed by atoms with E-state index in [9.17, 15) is 0 Å². The maximum Gasteiger partial charge on any atom is 0.136 e. The van der Waals surface area contributed by atoms with Crippen molar-refractivity contribution in [2.75, 3.05) is 27.2 Å². The smallest absolute Gasteiger partial charge is 0.136 e. The fourth-order valence-electron chi connectivity index (χ4n) is 2.07. The third kappa shape index (κ3) is 2.77. The first-order chi connectivity index (χ1) is 7.66. The van der Waals surface area contributed by atoms with E-state index in [1.807, 2.05) is 0 Å². The highest BCUT2D eigenvalue weighted by Gasteiger charge is 2.16. The monoisotopic (exact) mass is 283 g/mol. The van der Waals surface area contributed by atoms with Gasteiger partial charge in [0, 0.05) is 6.42 Å². The Morgan fingerprint density at radius 3 is 2.94 bits per heavy atom. The van der Waals surface area contributed by atoms with Gasteiger partial charge in [0.25, 0.3) is 0 Å². The molecule has 16 heavy (non-hydrogen) atoms. The molecule has 1 aliphatic heterocycles. The minimum Gasteiger partial charge on any atom is -0.492 e. The second-order valence-electron chi connectivity index (χ2n) is 4.57. The van der Waals surface area contributed by atoms with Gasteiger partial charge in [-0.2, -0.15) is 0 Å². The molecule has 0 saturated heterocycles. The molecule has 0 bridgehead atoms. The molecule has 3 heteroatoms. The van der Waals surface area contributed by atoms with Crippen molar-refractivity contribution in [3.05, 3.63) is 27.7 Å². The van der Waals surface area contributed by atoms with Gasteiger partial charge in [0.1, 0.15) is 5.75 Å². The Balaban J connectivity index is 2.03. The zero-order chi connectivity index (χ0) is 11.5. The first-order valence-electron chi connectivity index (χ1n) is 5.75. The number of aryl methyl sites for hydroxylation is 1. The average Bonchev–Trinajstić information content (AvgIpc) is 2.65. The van der Waals surface area contributed by atoms with E-state index in [0.29, 0.717) is 0 Å². The first-order valence-corrected chi connectivity index (χ1v) is 6.55. The van der Waals surface area contributed by atoms with E-state index in [1.54, 1.807) is 0 Å². The molecule has 0 radical (unpaired) electrons. The molecule has 2 rings (SSSR count). The summed E-state index contributed by atoms with van der Waals surface area (Å²) in [5.41, 5.74) is 2.77. The lowest BCUT2D eigenvalue weighted by Gasteiger charge is -2.10. The molecule has 88 valence electrons. The van der Waals surface area contributed by atoms with Gasteiger partial charge in [-0.05, 0) is 66.6 Å². The summed E-state index contributed by atoms with van der Waals surface area (Å²) >= 11 is 3.58. The predicted molar refractivity (Wildman–Crippen MR) is 70.2 cm³/mol. The summed E-state index contributed by atoms with van der Waals surface area (Å²) in [6.07, 6.45) is 3.40. The topological polar surface area (TPSA) is 12.5 Å². The summed E-state index contributed by atoms with van der Waals surface area (Å²) in [5.74, 6) is 1.05. The van der Waals surface area contributed by atoms with E-state index >= 15 is 0 Å². The maximum atomic E-state index is 5.57. The maximum absolute atomic E-state index is 5.57. The van der Waals surface area contributed by atoms with Crippen LogP contribution in [0.3, 0.4) is 0 Å². The van der Waals surface area contributed by atoms with E-state index in [-0.39, 0.29) is 0 Å². The minimum absolute atomic E-state index is 0.828. The van der Waals surface area contributed by atoms with Crippen molar-refractivity contribution in [3.8, 4) is 5.75 Å². The van der Waals surface area contributed by atoms with Crippen LogP contribution in [0.1, 0.15) is 17.5 Å². The third-order valence-electron chi connectivity index (χ3n) is 2.87. The molecule has 0 N–H and O–H groups in total. The minimum atomic E-state index is 0.828. The van der Waals surface area contributed by atoms with Crippen molar-refractivity contribution >= 4 is 15.9 Å². The number of fused-ring (bicyclic) bond motifs is 1. The molecule has 0 spiro atoms. The summed E-state index contributed by atoms with van der Waals surface area (Å²) in [6.45, 7) is 1.97. The van der Waals surface area contributed by atoms with Gasteiger partial charge < -0.3 is 9.64 Å². The second-order valence-corrected chi connectivity index (χ2v) is 5.43. The van der Waals surface area contributed by atoms with Crippen molar-refractivity contribution in [1.82, 2.24) is 4.90 Å². The molecule has 0 atom stereocenters. The fourth-order valence-corrected chi connectivity index (χ4v) is 2.73. The Bertz CT molecular complexity index is 376. The SMILES string of the molecule is CN(C)CCCc1cc(Br)c2c(c1)CCO2. The van der Waals surface area contributed by atoms with Gasteiger partial charge in [-0.15, -0.1) is 0 Å². The van der Waals surface area contributed by atoms with E-state index in [0.717, 1.165) is 36.2 Å². The van der Waals surface area contributed by atoms with E-state index in [1.165, 1.54) is 17.5 Å². The highest BCUT2D eigenvalue weighted by molar-refractivity contribution is 9.10. The summed E-state index contributed by atoms with van der Waals surface area (Å²) in [6, 6.07) is 4.49. The third-order valence-corrected chi connectivity index (χ3v) is 3.46. The van der Waals surface area contributed by atoms with Crippen molar-refractivity contribution in [1.29, 1.82) is 0 Å². The lowest BCUT2D eigenvalue weighted by molar-refractivity contribution is 0.355. The van der Waals surface area contributed by atoms with Gasteiger partial charge in [-0.1, -0.05) is 6.07 Å². The average molecular weight is 284 g/mol. The van der Waals surface area contributed by atoms with Crippen LogP contribution in [0.4, 0.5) is 0 Å². The van der Waals surface area contributed by atoms with E-state index in [2.05, 4.69) is 47.1 Å².